The van der Waals surface area contributed by atoms with Crippen molar-refractivity contribution in [1.29, 1.82) is 0 Å². The van der Waals surface area contributed by atoms with Crippen LogP contribution in [0.15, 0.2) is 261 Å². The molecule has 0 bridgehead atoms. The second kappa shape index (κ2) is 17.9. The lowest BCUT2D eigenvalue weighted by molar-refractivity contribution is 0.953. The quantitative estimate of drug-likeness (QED) is 0.144. The number of benzene rings is 10. The molecule has 14 aromatic rings. The molecule has 0 saturated heterocycles. The third-order valence-electron chi connectivity index (χ3n) is 14.0. The van der Waals surface area contributed by atoms with Gasteiger partial charge >= 0.3 is 0 Å². The molecule has 74 heavy (non-hydrogen) atoms. The summed E-state index contributed by atoms with van der Waals surface area (Å²) in [4.78, 5) is 26.1. The Morgan fingerprint density at radius 3 is 1.32 bits per heavy atom. The smallest absolute Gasteiger partial charge is 0.238 e. The highest BCUT2D eigenvalue weighted by Crippen LogP contribution is 2.42. The summed E-state index contributed by atoms with van der Waals surface area (Å²) in [5.41, 5.74) is 16.3. The van der Waals surface area contributed by atoms with E-state index in [1.807, 2.05) is 97.1 Å². The summed E-state index contributed by atoms with van der Waals surface area (Å²) in [6.07, 6.45) is 0. The highest BCUT2D eigenvalue weighted by atomic mass is 15.2. The molecule has 0 amide bonds. The second-order valence-electron chi connectivity index (χ2n) is 18.5. The van der Waals surface area contributed by atoms with Gasteiger partial charge in [-0.15, -0.1) is 0 Å². The first kappa shape index (κ1) is 42.7. The zero-order valence-corrected chi connectivity index (χ0v) is 40.0. The van der Waals surface area contributed by atoms with Crippen molar-refractivity contribution in [3.8, 4) is 90.6 Å². The van der Waals surface area contributed by atoms with Gasteiger partial charge in [0.1, 0.15) is 0 Å². The minimum Gasteiger partial charge on any atom is -0.309 e. The fourth-order valence-electron chi connectivity index (χ4n) is 10.5. The Balaban J connectivity index is 0.997. The second-order valence-corrected chi connectivity index (χ2v) is 18.5. The molecular weight excluding hydrogens is 903 g/mol. The average molecular weight is 946 g/mol. The van der Waals surface area contributed by atoms with Crippen LogP contribution in [0.5, 0.6) is 0 Å². The summed E-state index contributed by atoms with van der Waals surface area (Å²) in [6.45, 7) is 0. The molecule has 0 aliphatic rings. The summed E-state index contributed by atoms with van der Waals surface area (Å²) in [5.74, 6) is 2.38. The monoisotopic (exact) mass is 945 g/mol. The van der Waals surface area contributed by atoms with Crippen LogP contribution in [0.3, 0.4) is 0 Å². The standard InChI is InChI=1S/C67H43N7/c1-6-20-44(21-7-1)57-43-58(45-22-8-2-9-23-45)69-66(68-57)51-29-18-28-50(40-51)53-33-19-35-62-63(53)56-42-49(48-36-38-60-55(41-48)54-32-16-17-34-59(54)73(60)52-30-14-5-15-31-52)37-39-61(56)74(62)67-71-64(46-24-10-3-11-25-46)70-65(72-67)47-26-12-4-13-27-47/h1-43H. The van der Waals surface area contributed by atoms with Crippen LogP contribution in [0.2, 0.25) is 0 Å². The summed E-state index contributed by atoms with van der Waals surface area (Å²) >= 11 is 0. The fourth-order valence-corrected chi connectivity index (χ4v) is 10.5. The van der Waals surface area contributed by atoms with Crippen molar-refractivity contribution in [3.05, 3.63) is 261 Å². The maximum absolute atomic E-state index is 5.29. The van der Waals surface area contributed by atoms with Crippen molar-refractivity contribution in [2.45, 2.75) is 0 Å². The van der Waals surface area contributed by atoms with Gasteiger partial charge in [-0.05, 0) is 82.9 Å². The Morgan fingerprint density at radius 2 is 0.703 bits per heavy atom. The molecule has 0 aliphatic carbocycles. The molecule has 14 rings (SSSR count). The van der Waals surface area contributed by atoms with Gasteiger partial charge in [-0.1, -0.05) is 200 Å². The summed E-state index contributed by atoms with van der Waals surface area (Å²) in [6, 6.07) is 91.1. The van der Waals surface area contributed by atoms with E-state index in [9.17, 15) is 0 Å². The van der Waals surface area contributed by atoms with Crippen molar-refractivity contribution < 1.29 is 0 Å². The summed E-state index contributed by atoms with van der Waals surface area (Å²) in [5, 5.41) is 4.56. The maximum Gasteiger partial charge on any atom is 0.238 e. The number of hydrogen-bond acceptors (Lipinski definition) is 5. The number of nitrogens with zero attached hydrogens (tertiary/aromatic N) is 7. The molecule has 10 aromatic carbocycles. The zero-order valence-electron chi connectivity index (χ0n) is 40.0. The molecule has 0 aliphatic heterocycles. The predicted octanol–water partition coefficient (Wildman–Crippen LogP) is 16.5. The molecule has 7 heteroatoms. The van der Waals surface area contributed by atoms with Crippen LogP contribution in [-0.4, -0.2) is 34.1 Å². The molecule has 4 heterocycles. The molecule has 0 N–H and O–H groups in total. The molecule has 0 saturated carbocycles. The van der Waals surface area contributed by atoms with Crippen LogP contribution in [-0.2, 0) is 0 Å². The van der Waals surface area contributed by atoms with Gasteiger partial charge in [-0.25, -0.2) is 15.0 Å². The number of fused-ring (bicyclic) bond motifs is 6. The lowest BCUT2D eigenvalue weighted by Crippen LogP contribution is -2.06. The van der Waals surface area contributed by atoms with E-state index in [1.165, 1.54) is 16.3 Å². The third-order valence-corrected chi connectivity index (χ3v) is 14.0. The highest BCUT2D eigenvalue weighted by molar-refractivity contribution is 6.17. The number of aromatic nitrogens is 7. The van der Waals surface area contributed by atoms with Crippen molar-refractivity contribution in [2.75, 3.05) is 0 Å². The van der Waals surface area contributed by atoms with E-state index in [4.69, 9.17) is 24.9 Å². The summed E-state index contributed by atoms with van der Waals surface area (Å²) in [7, 11) is 0. The minimum absolute atomic E-state index is 0.533. The lowest BCUT2D eigenvalue weighted by atomic mass is 9.96. The van der Waals surface area contributed by atoms with Crippen molar-refractivity contribution in [1.82, 2.24) is 34.1 Å². The average Bonchev–Trinajstić information content (AvgIpc) is 4.00. The first-order valence-electron chi connectivity index (χ1n) is 24.8. The van der Waals surface area contributed by atoms with E-state index < -0.39 is 0 Å². The fraction of sp³-hybridized carbons (Fsp3) is 0. The first-order chi connectivity index (χ1) is 36.7. The summed E-state index contributed by atoms with van der Waals surface area (Å²) < 4.78 is 4.57. The van der Waals surface area contributed by atoms with Crippen LogP contribution in [0, 0.1) is 0 Å². The normalized spacial score (nSPS) is 11.5. The van der Waals surface area contributed by atoms with E-state index in [0.717, 1.165) is 94.5 Å². The lowest BCUT2D eigenvalue weighted by Gasteiger charge is -2.12. The third kappa shape index (κ3) is 7.50. The Bertz CT molecular complexity index is 4280. The topological polar surface area (TPSA) is 74.3 Å². The molecule has 346 valence electrons. The van der Waals surface area contributed by atoms with E-state index >= 15 is 0 Å². The van der Waals surface area contributed by atoms with Gasteiger partial charge in [0.2, 0.25) is 5.95 Å². The molecule has 0 unspecified atom stereocenters. The van der Waals surface area contributed by atoms with Crippen LogP contribution in [0.1, 0.15) is 0 Å². The molecular formula is C67H43N7. The highest BCUT2D eigenvalue weighted by Gasteiger charge is 2.22. The van der Waals surface area contributed by atoms with Crippen LogP contribution >= 0.6 is 0 Å². The molecule has 0 radical (unpaired) electrons. The minimum atomic E-state index is 0.533. The molecule has 0 fully saturated rings. The van der Waals surface area contributed by atoms with Gasteiger partial charge in [0, 0.05) is 55.0 Å². The van der Waals surface area contributed by atoms with Gasteiger partial charge in [-0.2, -0.15) is 9.97 Å². The Labute approximate surface area is 427 Å². The van der Waals surface area contributed by atoms with Crippen LogP contribution in [0.25, 0.3) is 134 Å². The Hall–Kier alpha value is -10.1. The molecule has 0 spiro atoms. The zero-order chi connectivity index (χ0) is 49.0. The Morgan fingerprint density at radius 1 is 0.243 bits per heavy atom. The van der Waals surface area contributed by atoms with Gasteiger partial charge in [0.15, 0.2) is 17.5 Å². The van der Waals surface area contributed by atoms with Crippen LogP contribution in [0.4, 0.5) is 0 Å². The first-order valence-corrected chi connectivity index (χ1v) is 24.8. The molecule has 0 atom stereocenters. The van der Waals surface area contributed by atoms with Gasteiger partial charge in [0.25, 0.3) is 0 Å². The van der Waals surface area contributed by atoms with Gasteiger partial charge < -0.3 is 4.57 Å². The van der Waals surface area contributed by atoms with Gasteiger partial charge in [0.05, 0.1) is 33.5 Å². The number of hydrogen-bond donors (Lipinski definition) is 0. The van der Waals surface area contributed by atoms with Crippen molar-refractivity contribution >= 4 is 43.6 Å². The van der Waals surface area contributed by atoms with Gasteiger partial charge in [-0.3, -0.25) is 4.57 Å². The van der Waals surface area contributed by atoms with Crippen LogP contribution < -0.4 is 0 Å². The van der Waals surface area contributed by atoms with Crippen molar-refractivity contribution in [2.24, 2.45) is 0 Å². The van der Waals surface area contributed by atoms with E-state index in [0.29, 0.717) is 23.4 Å². The number of para-hydroxylation sites is 2. The van der Waals surface area contributed by atoms with E-state index in [2.05, 4.69) is 173 Å². The van der Waals surface area contributed by atoms with Crippen molar-refractivity contribution in [3.63, 3.8) is 0 Å². The Kier molecular flexibility index (Phi) is 10.4. The largest absolute Gasteiger partial charge is 0.309 e. The molecule has 4 aromatic heterocycles. The maximum atomic E-state index is 5.29. The van der Waals surface area contributed by atoms with E-state index in [1.54, 1.807) is 0 Å². The predicted molar refractivity (Wildman–Crippen MR) is 302 cm³/mol. The molecule has 7 nitrogen and oxygen atoms in total. The number of rotatable bonds is 9. The SMILES string of the molecule is c1ccc(-c2cc(-c3ccccc3)nc(-c3cccc(-c4cccc5c4c4cc(-c6ccc7c(c6)c6ccccc6n7-c6ccccc6)ccc4n5-c4nc(-c5ccccc5)nc(-c5ccccc5)n4)c3)n2)cc1. The van der Waals surface area contributed by atoms with E-state index in [-0.39, 0.29) is 0 Å².